The van der Waals surface area contributed by atoms with E-state index in [1.54, 1.807) is 4.90 Å². The van der Waals surface area contributed by atoms with Crippen LogP contribution in [-0.2, 0) is 9.59 Å². The van der Waals surface area contributed by atoms with Crippen LogP contribution in [-0.4, -0.2) is 18.9 Å². The third-order valence-electron chi connectivity index (χ3n) is 5.41. The highest BCUT2D eigenvalue weighted by Gasteiger charge is 2.31. The quantitative estimate of drug-likeness (QED) is 0.854. The van der Waals surface area contributed by atoms with Crippen molar-refractivity contribution < 1.29 is 9.59 Å². The van der Waals surface area contributed by atoms with Gasteiger partial charge >= 0.3 is 0 Å². The Balaban J connectivity index is 1.55. The van der Waals surface area contributed by atoms with Crippen molar-refractivity contribution in [2.45, 2.75) is 39.5 Å². The standard InChI is InChI=1S/C23H28N2O2/c1-16-13-17(2)15-20(14-16)24-22(26)18-9-11-19(12-10-18)23(27)25(3)21-7-5-4-6-8-21/h4-8,13-15,18-19H,9-12H2,1-3H3,(H,24,26). The molecule has 1 aliphatic rings. The number of hydrogen-bond donors (Lipinski definition) is 1. The monoisotopic (exact) mass is 364 g/mol. The molecule has 0 radical (unpaired) electrons. The van der Waals surface area contributed by atoms with Gasteiger partial charge in [0.15, 0.2) is 0 Å². The number of rotatable bonds is 4. The third-order valence-corrected chi connectivity index (χ3v) is 5.41. The summed E-state index contributed by atoms with van der Waals surface area (Å²) in [7, 11) is 1.83. The number of para-hydroxylation sites is 1. The zero-order valence-electron chi connectivity index (χ0n) is 16.4. The van der Waals surface area contributed by atoms with Crippen molar-refractivity contribution in [2.24, 2.45) is 11.8 Å². The minimum atomic E-state index is -0.0168. The lowest BCUT2D eigenvalue weighted by atomic mass is 9.81. The molecule has 0 saturated heterocycles. The van der Waals surface area contributed by atoms with Gasteiger partial charge in [0.1, 0.15) is 0 Å². The molecule has 2 aromatic rings. The third kappa shape index (κ3) is 4.76. The average molecular weight is 364 g/mol. The first-order chi connectivity index (χ1) is 12.9. The summed E-state index contributed by atoms with van der Waals surface area (Å²) in [4.78, 5) is 27.1. The van der Waals surface area contributed by atoms with Crippen LogP contribution in [0.1, 0.15) is 36.8 Å². The van der Waals surface area contributed by atoms with Gasteiger partial charge in [-0.1, -0.05) is 24.3 Å². The molecule has 3 rings (SSSR count). The second-order valence-corrected chi connectivity index (χ2v) is 7.65. The number of nitrogens with one attached hydrogen (secondary N) is 1. The zero-order valence-corrected chi connectivity index (χ0v) is 16.4. The van der Waals surface area contributed by atoms with Crippen molar-refractivity contribution in [3.8, 4) is 0 Å². The molecule has 142 valence electrons. The summed E-state index contributed by atoms with van der Waals surface area (Å²) in [5.41, 5.74) is 4.06. The van der Waals surface area contributed by atoms with Crippen LogP contribution in [0.2, 0.25) is 0 Å². The Bertz CT molecular complexity index is 788. The van der Waals surface area contributed by atoms with Crippen molar-refractivity contribution in [3.63, 3.8) is 0 Å². The van der Waals surface area contributed by atoms with Crippen molar-refractivity contribution >= 4 is 23.2 Å². The van der Waals surface area contributed by atoms with Crippen LogP contribution in [0.15, 0.2) is 48.5 Å². The molecule has 1 aliphatic carbocycles. The number of anilines is 2. The Kier molecular flexibility index (Phi) is 5.94. The maximum atomic E-state index is 12.8. The molecule has 0 spiro atoms. The second-order valence-electron chi connectivity index (χ2n) is 7.65. The summed E-state index contributed by atoms with van der Waals surface area (Å²) in [5, 5.41) is 3.05. The van der Waals surface area contributed by atoms with Gasteiger partial charge in [-0.3, -0.25) is 9.59 Å². The number of carbonyl (C=O) groups is 2. The lowest BCUT2D eigenvalue weighted by molar-refractivity contribution is -0.126. The Hall–Kier alpha value is -2.62. The number of hydrogen-bond acceptors (Lipinski definition) is 2. The van der Waals surface area contributed by atoms with Crippen LogP contribution in [0.3, 0.4) is 0 Å². The van der Waals surface area contributed by atoms with E-state index >= 15 is 0 Å². The Morgan fingerprint density at radius 3 is 2.04 bits per heavy atom. The smallest absolute Gasteiger partial charge is 0.229 e. The van der Waals surface area contributed by atoms with E-state index in [0.29, 0.717) is 0 Å². The topological polar surface area (TPSA) is 49.4 Å². The van der Waals surface area contributed by atoms with Crippen LogP contribution in [0, 0.1) is 25.7 Å². The second kappa shape index (κ2) is 8.38. The molecule has 0 atom stereocenters. The molecule has 0 heterocycles. The van der Waals surface area contributed by atoms with Gasteiger partial charge in [0.05, 0.1) is 0 Å². The van der Waals surface area contributed by atoms with Crippen LogP contribution < -0.4 is 10.2 Å². The molecule has 4 nitrogen and oxygen atoms in total. The number of carbonyl (C=O) groups excluding carboxylic acids is 2. The molecule has 1 saturated carbocycles. The van der Waals surface area contributed by atoms with E-state index < -0.39 is 0 Å². The van der Waals surface area contributed by atoms with Gasteiger partial charge < -0.3 is 10.2 Å². The number of amides is 2. The fraction of sp³-hybridized carbons (Fsp3) is 0.391. The van der Waals surface area contributed by atoms with Gasteiger partial charge in [-0.25, -0.2) is 0 Å². The Morgan fingerprint density at radius 1 is 0.889 bits per heavy atom. The first kappa shape index (κ1) is 19.2. The van der Waals surface area contributed by atoms with E-state index in [2.05, 4.69) is 11.4 Å². The highest BCUT2D eigenvalue weighted by molar-refractivity contribution is 5.95. The van der Waals surface area contributed by atoms with Gasteiger partial charge in [-0.05, 0) is 74.9 Å². The highest BCUT2D eigenvalue weighted by atomic mass is 16.2. The predicted molar refractivity (Wildman–Crippen MR) is 110 cm³/mol. The van der Waals surface area contributed by atoms with Crippen molar-refractivity contribution in [2.75, 3.05) is 17.3 Å². The lowest BCUT2D eigenvalue weighted by Gasteiger charge is -2.30. The van der Waals surface area contributed by atoms with E-state index in [1.807, 2.05) is 63.4 Å². The Labute approximate surface area is 161 Å². The van der Waals surface area contributed by atoms with Gasteiger partial charge in [0, 0.05) is 30.3 Å². The molecular weight excluding hydrogens is 336 g/mol. The fourth-order valence-corrected chi connectivity index (χ4v) is 3.95. The number of benzene rings is 2. The number of aryl methyl sites for hydroxylation is 2. The summed E-state index contributed by atoms with van der Waals surface area (Å²) in [5.74, 6) is 0.203. The van der Waals surface area contributed by atoms with E-state index in [4.69, 9.17) is 0 Å². The molecule has 0 aromatic heterocycles. The van der Waals surface area contributed by atoms with E-state index in [-0.39, 0.29) is 23.7 Å². The normalized spacial score (nSPS) is 19.4. The van der Waals surface area contributed by atoms with Crippen molar-refractivity contribution in [1.29, 1.82) is 0 Å². The largest absolute Gasteiger partial charge is 0.326 e. The maximum absolute atomic E-state index is 12.8. The molecule has 0 aliphatic heterocycles. The highest BCUT2D eigenvalue weighted by Crippen LogP contribution is 2.32. The SMILES string of the molecule is Cc1cc(C)cc(NC(=O)C2CCC(C(=O)N(C)c3ccccc3)CC2)c1. The van der Waals surface area contributed by atoms with E-state index in [9.17, 15) is 9.59 Å². The molecule has 2 aromatic carbocycles. The molecule has 1 N–H and O–H groups in total. The predicted octanol–water partition coefficient (Wildman–Crippen LogP) is 4.71. The van der Waals surface area contributed by atoms with Gasteiger partial charge in [0.25, 0.3) is 0 Å². The minimum Gasteiger partial charge on any atom is -0.326 e. The zero-order chi connectivity index (χ0) is 19.4. The van der Waals surface area contributed by atoms with E-state index in [0.717, 1.165) is 48.2 Å². The molecule has 0 bridgehead atoms. The molecule has 1 fully saturated rings. The Morgan fingerprint density at radius 2 is 1.44 bits per heavy atom. The summed E-state index contributed by atoms with van der Waals surface area (Å²) >= 11 is 0. The number of nitrogens with zero attached hydrogens (tertiary/aromatic N) is 1. The molecule has 4 heteroatoms. The lowest BCUT2D eigenvalue weighted by Crippen LogP contribution is -2.36. The van der Waals surface area contributed by atoms with Crippen molar-refractivity contribution in [3.05, 3.63) is 59.7 Å². The molecule has 27 heavy (non-hydrogen) atoms. The molecular formula is C23H28N2O2. The maximum Gasteiger partial charge on any atom is 0.229 e. The minimum absolute atomic E-state index is 0.000435. The molecule has 2 amide bonds. The van der Waals surface area contributed by atoms with Crippen LogP contribution >= 0.6 is 0 Å². The van der Waals surface area contributed by atoms with E-state index in [1.165, 1.54) is 0 Å². The van der Waals surface area contributed by atoms with Crippen molar-refractivity contribution in [1.82, 2.24) is 0 Å². The fourth-order valence-electron chi connectivity index (χ4n) is 3.95. The summed E-state index contributed by atoms with van der Waals surface area (Å²) in [6.45, 7) is 4.06. The summed E-state index contributed by atoms with van der Waals surface area (Å²) in [6, 6.07) is 15.8. The van der Waals surface area contributed by atoms with Crippen LogP contribution in [0.25, 0.3) is 0 Å². The van der Waals surface area contributed by atoms with Gasteiger partial charge in [-0.2, -0.15) is 0 Å². The van der Waals surface area contributed by atoms with Crippen LogP contribution in [0.4, 0.5) is 11.4 Å². The van der Waals surface area contributed by atoms with Gasteiger partial charge in [-0.15, -0.1) is 0 Å². The summed E-state index contributed by atoms with van der Waals surface area (Å²) in [6.07, 6.45) is 3.05. The molecule has 0 unspecified atom stereocenters. The first-order valence-electron chi connectivity index (χ1n) is 9.66. The van der Waals surface area contributed by atoms with Gasteiger partial charge in [0.2, 0.25) is 11.8 Å². The average Bonchev–Trinajstić information content (AvgIpc) is 2.67. The first-order valence-corrected chi connectivity index (χ1v) is 9.66. The summed E-state index contributed by atoms with van der Waals surface area (Å²) < 4.78 is 0. The van der Waals surface area contributed by atoms with Crippen LogP contribution in [0.5, 0.6) is 0 Å².